The highest BCUT2D eigenvalue weighted by atomic mass is 16.3. The van der Waals surface area contributed by atoms with Crippen molar-refractivity contribution >= 4 is 5.91 Å². The minimum Gasteiger partial charge on any atom is -0.391 e. The van der Waals surface area contributed by atoms with Crippen molar-refractivity contribution in [3.05, 3.63) is 53.6 Å². The highest BCUT2D eigenvalue weighted by molar-refractivity contribution is 5.95. The zero-order valence-corrected chi connectivity index (χ0v) is 12.0. The van der Waals surface area contributed by atoms with Crippen LogP contribution in [0.4, 0.5) is 0 Å². The topological polar surface area (TPSA) is 69.2 Å². The second kappa shape index (κ2) is 5.69. The Balaban J connectivity index is 1.69. The zero-order valence-electron chi connectivity index (χ0n) is 12.0. The number of pyridine rings is 1. The predicted molar refractivity (Wildman–Crippen MR) is 78.9 cm³/mol. The van der Waals surface area contributed by atoms with Crippen molar-refractivity contribution in [2.24, 2.45) is 5.92 Å². The minimum atomic E-state index is -0.471. The first kappa shape index (κ1) is 13.8. The monoisotopic (exact) mass is 285 g/mol. The number of nitrogens with zero attached hydrogens (tertiary/aromatic N) is 2. The Bertz CT molecular complexity index is 623. The largest absolute Gasteiger partial charge is 0.391 e. The number of amides is 1. The van der Waals surface area contributed by atoms with Crippen LogP contribution in [0.3, 0.4) is 0 Å². The van der Waals surface area contributed by atoms with Crippen molar-refractivity contribution in [2.75, 3.05) is 13.1 Å². The summed E-state index contributed by atoms with van der Waals surface area (Å²) in [5, 5.41) is 10.2. The first-order chi connectivity index (χ1) is 10.1. The van der Waals surface area contributed by atoms with E-state index in [-0.39, 0.29) is 11.8 Å². The number of hydrogen-bond acceptors (Lipinski definition) is 3. The summed E-state index contributed by atoms with van der Waals surface area (Å²) < 4.78 is 0. The summed E-state index contributed by atoms with van der Waals surface area (Å²) in [6.07, 6.45) is 5.57. The number of aliphatic hydroxyl groups excluding tert-OH is 1. The van der Waals surface area contributed by atoms with Gasteiger partial charge >= 0.3 is 0 Å². The molecule has 3 heterocycles. The number of likely N-dealkylation sites (tertiary alicyclic amines) is 1. The third-order valence-corrected chi connectivity index (χ3v) is 4.13. The lowest BCUT2D eigenvalue weighted by atomic mass is 9.97. The molecule has 1 amide bonds. The van der Waals surface area contributed by atoms with Crippen molar-refractivity contribution < 1.29 is 9.90 Å². The summed E-state index contributed by atoms with van der Waals surface area (Å²) in [4.78, 5) is 21.2. The maximum absolute atomic E-state index is 12.5. The SMILES string of the molecule is Cc1[nH]ccc1C(=O)N1C[C@@H](Cc2ccncc2)[C@H](O)C1. The van der Waals surface area contributed by atoms with E-state index in [0.717, 1.165) is 17.7 Å². The molecule has 2 atom stereocenters. The van der Waals surface area contributed by atoms with Gasteiger partial charge in [0, 0.05) is 43.3 Å². The van der Waals surface area contributed by atoms with Gasteiger partial charge in [-0.25, -0.2) is 0 Å². The normalized spacial score (nSPS) is 21.7. The summed E-state index contributed by atoms with van der Waals surface area (Å²) in [6.45, 7) is 2.88. The van der Waals surface area contributed by atoms with Gasteiger partial charge in [-0.3, -0.25) is 9.78 Å². The van der Waals surface area contributed by atoms with Gasteiger partial charge in [-0.15, -0.1) is 0 Å². The van der Waals surface area contributed by atoms with Crippen molar-refractivity contribution in [3.63, 3.8) is 0 Å². The Kier molecular flexibility index (Phi) is 3.75. The molecule has 5 nitrogen and oxygen atoms in total. The van der Waals surface area contributed by atoms with Crippen LogP contribution in [0.1, 0.15) is 21.6 Å². The number of carbonyl (C=O) groups excluding carboxylic acids is 1. The first-order valence-corrected chi connectivity index (χ1v) is 7.15. The van der Waals surface area contributed by atoms with E-state index >= 15 is 0 Å². The summed E-state index contributed by atoms with van der Waals surface area (Å²) >= 11 is 0. The number of β-amino-alcohol motifs (C(OH)–C–C–N with tert-alkyl or cyclic N) is 1. The molecule has 110 valence electrons. The van der Waals surface area contributed by atoms with Crippen molar-refractivity contribution in [1.82, 2.24) is 14.9 Å². The van der Waals surface area contributed by atoms with Gasteiger partial charge in [-0.1, -0.05) is 0 Å². The number of nitrogens with one attached hydrogen (secondary N) is 1. The molecule has 0 radical (unpaired) electrons. The van der Waals surface area contributed by atoms with Crippen molar-refractivity contribution in [3.8, 4) is 0 Å². The Labute approximate surface area is 123 Å². The lowest BCUT2D eigenvalue weighted by molar-refractivity contribution is 0.0764. The highest BCUT2D eigenvalue weighted by Gasteiger charge is 2.34. The molecular weight excluding hydrogens is 266 g/mol. The van der Waals surface area contributed by atoms with E-state index in [9.17, 15) is 9.90 Å². The van der Waals surface area contributed by atoms with Gasteiger partial charge in [0.1, 0.15) is 0 Å². The molecule has 1 fully saturated rings. The molecule has 2 N–H and O–H groups in total. The van der Waals surface area contributed by atoms with Gasteiger partial charge in [0.05, 0.1) is 11.7 Å². The van der Waals surface area contributed by atoms with Crippen LogP contribution >= 0.6 is 0 Å². The predicted octanol–water partition coefficient (Wildman–Crippen LogP) is 1.39. The lowest BCUT2D eigenvalue weighted by Gasteiger charge is -2.16. The number of aryl methyl sites for hydroxylation is 1. The summed E-state index contributed by atoms with van der Waals surface area (Å²) in [5.41, 5.74) is 2.69. The first-order valence-electron chi connectivity index (χ1n) is 7.15. The van der Waals surface area contributed by atoms with Crippen LogP contribution in [0, 0.1) is 12.8 Å². The lowest BCUT2D eigenvalue weighted by Crippen LogP contribution is -2.29. The summed E-state index contributed by atoms with van der Waals surface area (Å²) in [6, 6.07) is 5.70. The molecule has 2 aromatic rings. The van der Waals surface area contributed by atoms with Crippen molar-refractivity contribution in [2.45, 2.75) is 19.4 Å². The van der Waals surface area contributed by atoms with Gasteiger partial charge in [0.15, 0.2) is 0 Å². The third kappa shape index (κ3) is 2.83. The number of H-pyrrole nitrogens is 1. The molecule has 3 rings (SSSR count). The van der Waals surface area contributed by atoms with Crippen LogP contribution in [-0.4, -0.2) is 45.1 Å². The van der Waals surface area contributed by atoms with Crippen LogP contribution in [0.5, 0.6) is 0 Å². The molecule has 0 bridgehead atoms. The molecule has 2 aromatic heterocycles. The van der Waals surface area contributed by atoms with E-state index in [0.29, 0.717) is 18.7 Å². The molecule has 0 aromatic carbocycles. The molecule has 1 aliphatic heterocycles. The molecule has 1 aliphatic rings. The standard InChI is InChI=1S/C16H19N3O2/c1-11-14(4-7-18-11)16(21)19-9-13(15(20)10-19)8-12-2-5-17-6-3-12/h2-7,13,15,18,20H,8-10H2,1H3/t13-,15-/m1/s1. The molecule has 5 heteroatoms. The maximum Gasteiger partial charge on any atom is 0.255 e. The molecule has 1 saturated heterocycles. The number of aromatic nitrogens is 2. The third-order valence-electron chi connectivity index (χ3n) is 4.13. The molecule has 21 heavy (non-hydrogen) atoms. The van der Waals surface area contributed by atoms with Crippen LogP contribution in [0.15, 0.2) is 36.8 Å². The molecule has 0 saturated carbocycles. The highest BCUT2D eigenvalue weighted by Crippen LogP contribution is 2.23. The van der Waals surface area contributed by atoms with Crippen LogP contribution in [0.25, 0.3) is 0 Å². The maximum atomic E-state index is 12.5. The fourth-order valence-electron chi connectivity index (χ4n) is 2.90. The van der Waals surface area contributed by atoms with E-state index in [4.69, 9.17) is 0 Å². The number of aliphatic hydroxyl groups is 1. The molecular formula is C16H19N3O2. The van der Waals surface area contributed by atoms with E-state index in [1.807, 2.05) is 19.1 Å². The zero-order chi connectivity index (χ0) is 14.8. The van der Waals surface area contributed by atoms with Gasteiger partial charge in [0.2, 0.25) is 0 Å². The smallest absolute Gasteiger partial charge is 0.255 e. The molecule has 0 aliphatic carbocycles. The number of rotatable bonds is 3. The number of hydrogen-bond donors (Lipinski definition) is 2. The minimum absolute atomic E-state index is 0.00923. The van der Waals surface area contributed by atoms with Gasteiger partial charge < -0.3 is 15.0 Å². The summed E-state index contributed by atoms with van der Waals surface area (Å²) in [7, 11) is 0. The fourth-order valence-corrected chi connectivity index (χ4v) is 2.90. The average Bonchev–Trinajstić information content (AvgIpc) is 3.06. The van der Waals surface area contributed by atoms with Crippen LogP contribution in [-0.2, 0) is 6.42 Å². The van der Waals surface area contributed by atoms with E-state index in [1.54, 1.807) is 29.6 Å². The average molecular weight is 285 g/mol. The van der Waals surface area contributed by atoms with E-state index < -0.39 is 6.10 Å². The Morgan fingerprint density at radius 3 is 2.81 bits per heavy atom. The quantitative estimate of drug-likeness (QED) is 0.895. The van der Waals surface area contributed by atoms with Gasteiger partial charge in [-0.05, 0) is 37.1 Å². The Morgan fingerprint density at radius 2 is 2.14 bits per heavy atom. The molecule has 0 spiro atoms. The Morgan fingerprint density at radius 1 is 1.38 bits per heavy atom. The van der Waals surface area contributed by atoms with Crippen molar-refractivity contribution in [1.29, 1.82) is 0 Å². The number of carbonyl (C=O) groups is 1. The second-order valence-corrected chi connectivity index (χ2v) is 5.61. The van der Waals surface area contributed by atoms with E-state index in [2.05, 4.69) is 9.97 Å². The van der Waals surface area contributed by atoms with Gasteiger partial charge in [-0.2, -0.15) is 0 Å². The second-order valence-electron chi connectivity index (χ2n) is 5.61. The fraction of sp³-hybridized carbons (Fsp3) is 0.375. The molecule has 0 unspecified atom stereocenters. The van der Waals surface area contributed by atoms with Crippen LogP contribution < -0.4 is 0 Å². The van der Waals surface area contributed by atoms with E-state index in [1.165, 1.54) is 0 Å². The van der Waals surface area contributed by atoms with Gasteiger partial charge in [0.25, 0.3) is 5.91 Å². The number of aromatic amines is 1. The summed E-state index contributed by atoms with van der Waals surface area (Å²) in [5.74, 6) is 0.0700. The van der Waals surface area contributed by atoms with Crippen LogP contribution in [0.2, 0.25) is 0 Å². The Hall–Kier alpha value is -2.14.